The number of rotatable bonds is 2. The third kappa shape index (κ3) is 2.19. The van der Waals surface area contributed by atoms with E-state index in [-0.39, 0.29) is 6.04 Å². The first kappa shape index (κ1) is 10.2. The van der Waals surface area contributed by atoms with Gasteiger partial charge < -0.3 is 10.5 Å². The summed E-state index contributed by atoms with van der Waals surface area (Å²) < 4.78 is 6.41. The molecule has 0 aliphatic carbocycles. The lowest BCUT2D eigenvalue weighted by Gasteiger charge is -2.18. The van der Waals surface area contributed by atoms with Crippen molar-refractivity contribution in [1.82, 2.24) is 0 Å². The first-order chi connectivity index (χ1) is 6.77. The molecule has 0 saturated carbocycles. The summed E-state index contributed by atoms with van der Waals surface area (Å²) in [6, 6.07) is 2.07. The SMILES string of the molecule is NC(C1=COCCC1)c1csc(Br)c1. The van der Waals surface area contributed by atoms with Gasteiger partial charge in [0, 0.05) is 0 Å². The number of hydrogen-bond donors (Lipinski definition) is 1. The second-order valence-electron chi connectivity index (χ2n) is 3.33. The fourth-order valence-electron chi connectivity index (χ4n) is 1.51. The van der Waals surface area contributed by atoms with Crippen LogP contribution in [0.2, 0.25) is 0 Å². The third-order valence-electron chi connectivity index (χ3n) is 2.31. The van der Waals surface area contributed by atoms with E-state index in [4.69, 9.17) is 10.5 Å². The molecule has 0 bridgehead atoms. The minimum absolute atomic E-state index is 0.00199. The molecule has 0 radical (unpaired) electrons. The Labute approximate surface area is 95.9 Å². The van der Waals surface area contributed by atoms with Gasteiger partial charge in [0.1, 0.15) is 0 Å². The van der Waals surface area contributed by atoms with Crippen LogP contribution in [-0.4, -0.2) is 6.61 Å². The number of nitrogens with two attached hydrogens (primary N) is 1. The van der Waals surface area contributed by atoms with Gasteiger partial charge in [0.2, 0.25) is 0 Å². The van der Waals surface area contributed by atoms with Crippen molar-refractivity contribution < 1.29 is 4.74 Å². The van der Waals surface area contributed by atoms with Crippen LogP contribution in [0.5, 0.6) is 0 Å². The van der Waals surface area contributed by atoms with Crippen LogP contribution in [0.4, 0.5) is 0 Å². The summed E-state index contributed by atoms with van der Waals surface area (Å²) in [4.78, 5) is 0. The van der Waals surface area contributed by atoms with E-state index >= 15 is 0 Å². The molecular weight excluding hydrogens is 262 g/mol. The highest BCUT2D eigenvalue weighted by atomic mass is 79.9. The van der Waals surface area contributed by atoms with Crippen LogP contribution in [0, 0.1) is 0 Å². The zero-order valence-corrected chi connectivity index (χ0v) is 10.1. The Morgan fingerprint density at radius 2 is 2.43 bits per heavy atom. The van der Waals surface area contributed by atoms with Crippen molar-refractivity contribution in [1.29, 1.82) is 0 Å². The highest BCUT2D eigenvalue weighted by Gasteiger charge is 2.15. The maximum atomic E-state index is 6.12. The molecule has 0 fully saturated rings. The lowest BCUT2D eigenvalue weighted by atomic mass is 9.98. The molecule has 1 aliphatic rings. The lowest BCUT2D eigenvalue weighted by Crippen LogP contribution is -2.15. The number of halogens is 1. The Bertz CT molecular complexity index is 348. The van der Waals surface area contributed by atoms with Crippen LogP contribution < -0.4 is 5.73 Å². The average molecular weight is 274 g/mol. The Morgan fingerprint density at radius 1 is 1.57 bits per heavy atom. The van der Waals surface area contributed by atoms with Gasteiger partial charge in [-0.2, -0.15) is 0 Å². The Kier molecular flexibility index (Phi) is 3.26. The van der Waals surface area contributed by atoms with E-state index in [9.17, 15) is 0 Å². The van der Waals surface area contributed by atoms with Gasteiger partial charge in [-0.25, -0.2) is 0 Å². The topological polar surface area (TPSA) is 35.2 Å². The van der Waals surface area contributed by atoms with Crippen molar-refractivity contribution in [3.8, 4) is 0 Å². The molecule has 2 heterocycles. The Balaban J connectivity index is 2.14. The molecule has 0 saturated heterocycles. The van der Waals surface area contributed by atoms with E-state index in [1.54, 1.807) is 11.3 Å². The fourth-order valence-corrected chi connectivity index (χ4v) is 2.73. The van der Waals surface area contributed by atoms with Crippen molar-refractivity contribution >= 4 is 27.3 Å². The molecule has 1 aliphatic heterocycles. The number of thiophene rings is 1. The summed E-state index contributed by atoms with van der Waals surface area (Å²) >= 11 is 5.10. The normalized spacial score (nSPS) is 18.6. The third-order valence-corrected chi connectivity index (χ3v) is 3.83. The second kappa shape index (κ2) is 4.47. The molecule has 76 valence electrons. The summed E-state index contributed by atoms with van der Waals surface area (Å²) in [7, 11) is 0. The molecule has 0 amide bonds. The molecule has 2 N–H and O–H groups in total. The van der Waals surface area contributed by atoms with Gasteiger partial charge in [-0.1, -0.05) is 0 Å². The van der Waals surface area contributed by atoms with Crippen LogP contribution in [0.1, 0.15) is 24.4 Å². The zero-order chi connectivity index (χ0) is 9.97. The van der Waals surface area contributed by atoms with Gasteiger partial charge >= 0.3 is 0 Å². The molecule has 0 aromatic carbocycles. The standard InChI is InChI=1S/C10H12BrNOS/c11-9-4-8(6-14-9)10(12)7-2-1-3-13-5-7/h4-6,10H,1-3,12H2. The second-order valence-corrected chi connectivity index (χ2v) is 5.62. The lowest BCUT2D eigenvalue weighted by molar-refractivity contribution is 0.221. The summed E-state index contributed by atoms with van der Waals surface area (Å²) in [6.45, 7) is 0.823. The van der Waals surface area contributed by atoms with Gasteiger partial charge in [0.15, 0.2) is 0 Å². The monoisotopic (exact) mass is 273 g/mol. The maximum absolute atomic E-state index is 6.12. The predicted octanol–water partition coefficient (Wildman–Crippen LogP) is 3.20. The molecule has 14 heavy (non-hydrogen) atoms. The molecule has 1 atom stereocenters. The van der Waals surface area contributed by atoms with E-state index in [2.05, 4.69) is 27.4 Å². The van der Waals surface area contributed by atoms with Gasteiger partial charge in [-0.3, -0.25) is 0 Å². The van der Waals surface area contributed by atoms with Gasteiger partial charge in [0.05, 0.1) is 22.7 Å². The Morgan fingerprint density at radius 3 is 3.00 bits per heavy atom. The molecule has 2 nitrogen and oxygen atoms in total. The van der Waals surface area contributed by atoms with E-state index in [1.165, 1.54) is 11.1 Å². The van der Waals surface area contributed by atoms with E-state index in [1.807, 2.05) is 6.26 Å². The molecule has 0 spiro atoms. The molecule has 1 unspecified atom stereocenters. The van der Waals surface area contributed by atoms with Gasteiger partial charge in [-0.05, 0) is 51.4 Å². The summed E-state index contributed by atoms with van der Waals surface area (Å²) in [6.07, 6.45) is 3.94. The van der Waals surface area contributed by atoms with Crippen LogP contribution in [0.3, 0.4) is 0 Å². The van der Waals surface area contributed by atoms with E-state index < -0.39 is 0 Å². The van der Waals surface area contributed by atoms with Crippen LogP contribution in [0.15, 0.2) is 27.1 Å². The smallest absolute Gasteiger partial charge is 0.0876 e. The number of ether oxygens (including phenoxy) is 1. The number of hydrogen-bond acceptors (Lipinski definition) is 3. The molecule has 1 aromatic rings. The highest BCUT2D eigenvalue weighted by molar-refractivity contribution is 9.11. The minimum atomic E-state index is -0.00199. The van der Waals surface area contributed by atoms with Crippen LogP contribution >= 0.6 is 27.3 Å². The van der Waals surface area contributed by atoms with E-state index in [0.717, 1.165) is 23.2 Å². The van der Waals surface area contributed by atoms with E-state index in [0.29, 0.717) is 0 Å². The molecular formula is C10H12BrNOS. The minimum Gasteiger partial charge on any atom is -0.501 e. The first-order valence-electron chi connectivity index (χ1n) is 4.57. The Hall–Kier alpha value is -0.320. The highest BCUT2D eigenvalue weighted by Crippen LogP contribution is 2.30. The largest absolute Gasteiger partial charge is 0.501 e. The zero-order valence-electron chi connectivity index (χ0n) is 7.70. The van der Waals surface area contributed by atoms with Crippen molar-refractivity contribution in [3.63, 3.8) is 0 Å². The summed E-state index contributed by atoms with van der Waals surface area (Å²) in [5, 5.41) is 2.09. The predicted molar refractivity (Wildman–Crippen MR) is 62.2 cm³/mol. The van der Waals surface area contributed by atoms with Crippen molar-refractivity contribution in [3.05, 3.63) is 32.6 Å². The van der Waals surface area contributed by atoms with Crippen molar-refractivity contribution in [2.45, 2.75) is 18.9 Å². The molecule has 2 rings (SSSR count). The molecule has 4 heteroatoms. The average Bonchev–Trinajstić information content (AvgIpc) is 2.65. The molecule has 1 aromatic heterocycles. The van der Waals surface area contributed by atoms with Gasteiger partial charge in [-0.15, -0.1) is 11.3 Å². The van der Waals surface area contributed by atoms with Crippen LogP contribution in [0.25, 0.3) is 0 Å². The van der Waals surface area contributed by atoms with Crippen molar-refractivity contribution in [2.75, 3.05) is 6.61 Å². The first-order valence-corrected chi connectivity index (χ1v) is 6.24. The quantitative estimate of drug-likeness (QED) is 0.898. The summed E-state index contributed by atoms with van der Waals surface area (Å²) in [5.74, 6) is 0. The van der Waals surface area contributed by atoms with Crippen LogP contribution in [-0.2, 0) is 4.74 Å². The van der Waals surface area contributed by atoms with Gasteiger partial charge in [0.25, 0.3) is 0 Å². The maximum Gasteiger partial charge on any atom is 0.0876 e. The fraction of sp³-hybridized carbons (Fsp3) is 0.400. The van der Waals surface area contributed by atoms with Crippen molar-refractivity contribution in [2.24, 2.45) is 5.73 Å². The summed E-state index contributed by atoms with van der Waals surface area (Å²) in [5.41, 5.74) is 8.48.